The molecule has 140 valence electrons. The number of amides is 1. The number of aromatic nitrogens is 4. The number of anilines is 1. The van der Waals surface area contributed by atoms with Crippen molar-refractivity contribution < 1.29 is 4.79 Å². The van der Waals surface area contributed by atoms with Gasteiger partial charge in [-0.3, -0.25) is 9.48 Å². The second-order valence-electron chi connectivity index (χ2n) is 5.80. The molecule has 0 saturated heterocycles. The largest absolute Gasteiger partial charge is 0.329 e. The molecule has 0 bridgehead atoms. The van der Waals surface area contributed by atoms with Gasteiger partial charge >= 0.3 is 0 Å². The van der Waals surface area contributed by atoms with Crippen molar-refractivity contribution in [2.45, 2.75) is 17.0 Å². The van der Waals surface area contributed by atoms with Gasteiger partial charge in [-0.25, -0.2) is 4.98 Å². The third kappa shape index (κ3) is 4.55. The molecule has 0 aliphatic heterocycles. The first kappa shape index (κ1) is 19.5. The highest BCUT2D eigenvalue weighted by Gasteiger charge is 2.12. The average Bonchev–Trinajstić information content (AvgIpc) is 3.11. The molecule has 1 aromatic carbocycles. The maximum atomic E-state index is 12.4. The monoisotopic (exact) mass is 421 g/mol. The van der Waals surface area contributed by atoms with Crippen LogP contribution in [0.2, 0.25) is 10.2 Å². The van der Waals surface area contributed by atoms with Crippen molar-refractivity contribution in [3.05, 3.63) is 58.1 Å². The number of nitrogens with zero attached hydrogens (tertiary/aromatic N) is 4. The summed E-state index contributed by atoms with van der Waals surface area (Å²) in [4.78, 5) is 17.5. The van der Waals surface area contributed by atoms with Crippen LogP contribution in [0.3, 0.4) is 0 Å². The van der Waals surface area contributed by atoms with Gasteiger partial charge < -0.3 is 9.88 Å². The first-order valence-electron chi connectivity index (χ1n) is 7.98. The molecule has 0 atom stereocenters. The summed E-state index contributed by atoms with van der Waals surface area (Å²) in [5, 5.41) is 8.90. The summed E-state index contributed by atoms with van der Waals surface area (Å²) < 4.78 is 3.46. The molecular formula is C18H17Cl2N5OS. The molecule has 0 unspecified atom stereocenters. The van der Waals surface area contributed by atoms with Crippen molar-refractivity contribution in [3.8, 4) is 0 Å². The molecule has 0 fully saturated rings. The van der Waals surface area contributed by atoms with Gasteiger partial charge in [-0.05, 0) is 43.0 Å². The molecule has 2 heterocycles. The molecule has 0 spiro atoms. The molecule has 3 rings (SSSR count). The highest BCUT2D eigenvalue weighted by Crippen LogP contribution is 2.34. The number of hydrogen-bond acceptors (Lipinski definition) is 4. The van der Waals surface area contributed by atoms with Crippen LogP contribution >= 0.6 is 35.0 Å². The van der Waals surface area contributed by atoms with E-state index in [1.807, 2.05) is 30.8 Å². The van der Waals surface area contributed by atoms with Crippen LogP contribution < -0.4 is 5.32 Å². The Kier molecular flexibility index (Phi) is 5.94. The maximum Gasteiger partial charge on any atom is 0.248 e. The van der Waals surface area contributed by atoms with E-state index in [2.05, 4.69) is 15.4 Å². The smallest absolute Gasteiger partial charge is 0.248 e. The summed E-state index contributed by atoms with van der Waals surface area (Å²) >= 11 is 13.7. The maximum absolute atomic E-state index is 12.4. The van der Waals surface area contributed by atoms with Crippen LogP contribution in [-0.4, -0.2) is 25.2 Å². The third-order valence-electron chi connectivity index (χ3n) is 3.78. The Morgan fingerprint density at radius 2 is 2.07 bits per heavy atom. The Balaban J connectivity index is 1.80. The Bertz CT molecular complexity index is 1020. The van der Waals surface area contributed by atoms with E-state index < -0.39 is 0 Å². The summed E-state index contributed by atoms with van der Waals surface area (Å²) in [5.74, 6) is -0.293. The number of nitrogens with one attached hydrogen (secondary N) is 1. The third-order valence-corrected chi connectivity index (χ3v) is 5.61. The Hall–Kier alpha value is -2.22. The van der Waals surface area contributed by atoms with Gasteiger partial charge in [0.1, 0.15) is 5.15 Å². The van der Waals surface area contributed by atoms with Gasteiger partial charge in [0.05, 0.1) is 11.4 Å². The fourth-order valence-electron chi connectivity index (χ4n) is 2.41. The molecule has 1 amide bonds. The van der Waals surface area contributed by atoms with Crippen LogP contribution in [0, 0.1) is 6.92 Å². The number of aryl methyl sites for hydroxylation is 3. The van der Waals surface area contributed by atoms with Gasteiger partial charge in [0, 0.05) is 48.0 Å². The zero-order valence-electron chi connectivity index (χ0n) is 14.9. The van der Waals surface area contributed by atoms with E-state index >= 15 is 0 Å². The quantitative estimate of drug-likeness (QED) is 0.612. The van der Waals surface area contributed by atoms with Crippen molar-refractivity contribution in [1.82, 2.24) is 19.3 Å². The van der Waals surface area contributed by atoms with Crippen LogP contribution in [0.1, 0.15) is 11.3 Å². The minimum Gasteiger partial charge on any atom is -0.329 e. The van der Waals surface area contributed by atoms with E-state index in [1.165, 1.54) is 17.8 Å². The lowest BCUT2D eigenvalue weighted by molar-refractivity contribution is -0.111. The molecular weight excluding hydrogens is 405 g/mol. The summed E-state index contributed by atoms with van der Waals surface area (Å²) in [6, 6.07) is 5.33. The highest BCUT2D eigenvalue weighted by molar-refractivity contribution is 7.99. The lowest BCUT2D eigenvalue weighted by Gasteiger charge is -2.10. The predicted octanol–water partition coefficient (Wildman–Crippen LogP) is 4.57. The van der Waals surface area contributed by atoms with Gasteiger partial charge in [0.25, 0.3) is 0 Å². The normalized spacial score (nSPS) is 11.3. The van der Waals surface area contributed by atoms with Gasteiger partial charge in [-0.2, -0.15) is 5.10 Å². The van der Waals surface area contributed by atoms with E-state index in [0.717, 1.165) is 15.7 Å². The molecule has 2 aromatic heterocycles. The summed E-state index contributed by atoms with van der Waals surface area (Å²) in [6.45, 7) is 1.84. The molecule has 0 aliphatic carbocycles. The van der Waals surface area contributed by atoms with Gasteiger partial charge in [0.2, 0.25) is 5.91 Å². The number of benzene rings is 1. The van der Waals surface area contributed by atoms with Crippen LogP contribution in [0.25, 0.3) is 6.08 Å². The van der Waals surface area contributed by atoms with Crippen molar-refractivity contribution in [3.63, 3.8) is 0 Å². The fourth-order valence-corrected chi connectivity index (χ4v) is 3.69. The number of carbonyl (C=O) groups is 1. The minimum absolute atomic E-state index is 0.293. The number of carbonyl (C=O) groups excluding carboxylic acids is 1. The van der Waals surface area contributed by atoms with E-state index in [1.54, 1.807) is 36.1 Å². The Morgan fingerprint density at radius 3 is 2.70 bits per heavy atom. The van der Waals surface area contributed by atoms with Crippen molar-refractivity contribution >= 4 is 52.6 Å². The van der Waals surface area contributed by atoms with Gasteiger partial charge in [-0.1, -0.05) is 23.2 Å². The SMILES string of the molecule is Cc1nn(C)c(Cl)c1/C=C/C(=O)Nc1cc(Cl)ccc1Sc1nccn1C. The van der Waals surface area contributed by atoms with Crippen LogP contribution in [0.15, 0.2) is 46.7 Å². The van der Waals surface area contributed by atoms with Gasteiger partial charge in [-0.15, -0.1) is 0 Å². The molecule has 0 aliphatic rings. The van der Waals surface area contributed by atoms with Crippen molar-refractivity contribution in [2.75, 3.05) is 5.32 Å². The topological polar surface area (TPSA) is 64.7 Å². The first-order valence-corrected chi connectivity index (χ1v) is 9.55. The van der Waals surface area contributed by atoms with E-state index in [-0.39, 0.29) is 5.91 Å². The molecule has 6 nitrogen and oxygen atoms in total. The van der Waals surface area contributed by atoms with Crippen molar-refractivity contribution in [2.24, 2.45) is 14.1 Å². The van der Waals surface area contributed by atoms with E-state index in [0.29, 0.717) is 21.4 Å². The highest BCUT2D eigenvalue weighted by atomic mass is 35.5. The number of imidazole rings is 1. The number of rotatable bonds is 5. The lowest BCUT2D eigenvalue weighted by atomic mass is 10.2. The second kappa shape index (κ2) is 8.21. The molecule has 1 N–H and O–H groups in total. The van der Waals surface area contributed by atoms with Gasteiger partial charge in [0.15, 0.2) is 5.16 Å². The Morgan fingerprint density at radius 1 is 1.30 bits per heavy atom. The number of halogens is 2. The minimum atomic E-state index is -0.293. The summed E-state index contributed by atoms with van der Waals surface area (Å²) in [5.41, 5.74) is 2.07. The zero-order valence-corrected chi connectivity index (χ0v) is 17.2. The standard InChI is InChI=1S/C18H17Cl2N5OS/c1-11-13(17(20)25(3)23-11)5-7-16(26)22-14-10-12(19)4-6-15(14)27-18-21-8-9-24(18)2/h4-10H,1-3H3,(H,22,26)/b7-5+. The lowest BCUT2D eigenvalue weighted by Crippen LogP contribution is -2.08. The summed E-state index contributed by atoms with van der Waals surface area (Å²) in [6.07, 6.45) is 6.65. The average molecular weight is 422 g/mol. The number of hydrogen-bond donors (Lipinski definition) is 1. The van der Waals surface area contributed by atoms with E-state index in [4.69, 9.17) is 23.2 Å². The van der Waals surface area contributed by atoms with Crippen LogP contribution in [0.4, 0.5) is 5.69 Å². The fraction of sp³-hybridized carbons (Fsp3) is 0.167. The molecule has 3 aromatic rings. The predicted molar refractivity (Wildman–Crippen MR) is 109 cm³/mol. The second-order valence-corrected chi connectivity index (χ2v) is 7.60. The van der Waals surface area contributed by atoms with E-state index in [9.17, 15) is 4.79 Å². The van der Waals surface area contributed by atoms with Crippen LogP contribution in [0.5, 0.6) is 0 Å². The summed E-state index contributed by atoms with van der Waals surface area (Å²) in [7, 11) is 3.66. The van der Waals surface area contributed by atoms with Crippen LogP contribution in [-0.2, 0) is 18.9 Å². The Labute approximate surface area is 171 Å². The molecule has 9 heteroatoms. The first-order chi connectivity index (χ1) is 12.8. The molecule has 0 radical (unpaired) electrons. The molecule has 27 heavy (non-hydrogen) atoms. The zero-order chi connectivity index (χ0) is 19.6. The van der Waals surface area contributed by atoms with Crippen molar-refractivity contribution in [1.29, 1.82) is 0 Å². The molecule has 0 saturated carbocycles.